The smallest absolute Gasteiger partial charge is 0.266 e. The van der Waals surface area contributed by atoms with E-state index in [9.17, 15) is 4.79 Å². The van der Waals surface area contributed by atoms with Gasteiger partial charge in [0.05, 0.1) is 23.8 Å². The number of hydrogen-bond donors (Lipinski definition) is 1. The lowest BCUT2D eigenvalue weighted by Crippen LogP contribution is -2.12. The molecule has 0 fully saturated rings. The third-order valence-corrected chi connectivity index (χ3v) is 3.89. The normalized spacial score (nSPS) is 10.2. The number of anilines is 1. The number of aryl methyl sites for hydroxylation is 1. The number of carbonyl (C=O) groups is 1. The van der Waals surface area contributed by atoms with Crippen molar-refractivity contribution in [3.05, 3.63) is 40.1 Å². The highest BCUT2D eigenvalue weighted by molar-refractivity contribution is 7.12. The maximum absolute atomic E-state index is 12.3. The number of benzene rings is 1. The molecule has 1 heterocycles. The molecule has 1 N–H and O–H groups in total. The SMILES string of the molecule is CCOc1ccc(OCC)c(NC(=O)c2sccc2C)c1. The Morgan fingerprint density at radius 2 is 1.95 bits per heavy atom. The van der Waals surface area contributed by atoms with E-state index in [4.69, 9.17) is 9.47 Å². The van der Waals surface area contributed by atoms with Crippen LogP contribution in [0.25, 0.3) is 0 Å². The van der Waals surface area contributed by atoms with Crippen molar-refractivity contribution in [1.29, 1.82) is 0 Å². The molecule has 0 aliphatic rings. The first-order valence-corrected chi connectivity index (χ1v) is 7.78. The summed E-state index contributed by atoms with van der Waals surface area (Å²) in [4.78, 5) is 13.0. The van der Waals surface area contributed by atoms with Gasteiger partial charge in [-0.05, 0) is 49.9 Å². The molecule has 1 aromatic heterocycles. The molecule has 2 rings (SSSR count). The van der Waals surface area contributed by atoms with Crippen molar-refractivity contribution in [2.75, 3.05) is 18.5 Å². The third-order valence-electron chi connectivity index (χ3n) is 2.88. The number of ether oxygens (including phenoxy) is 2. The zero-order valence-corrected chi connectivity index (χ0v) is 13.3. The molecule has 0 saturated carbocycles. The van der Waals surface area contributed by atoms with Gasteiger partial charge < -0.3 is 14.8 Å². The van der Waals surface area contributed by atoms with Crippen LogP contribution >= 0.6 is 11.3 Å². The van der Waals surface area contributed by atoms with E-state index in [1.165, 1.54) is 11.3 Å². The second-order valence-corrected chi connectivity index (χ2v) is 5.33. The summed E-state index contributed by atoms with van der Waals surface area (Å²) >= 11 is 1.43. The van der Waals surface area contributed by atoms with Crippen LogP contribution in [-0.2, 0) is 0 Å². The molecule has 1 aromatic carbocycles. The average molecular weight is 305 g/mol. The predicted molar refractivity (Wildman–Crippen MR) is 85.8 cm³/mol. The molecule has 2 aromatic rings. The second-order valence-electron chi connectivity index (χ2n) is 4.41. The van der Waals surface area contributed by atoms with Crippen molar-refractivity contribution in [1.82, 2.24) is 0 Å². The Labute approximate surface area is 128 Å². The molecule has 0 aliphatic heterocycles. The van der Waals surface area contributed by atoms with Crippen molar-refractivity contribution >= 4 is 22.9 Å². The van der Waals surface area contributed by atoms with E-state index in [0.717, 1.165) is 5.56 Å². The van der Waals surface area contributed by atoms with Gasteiger partial charge in [0.2, 0.25) is 0 Å². The monoisotopic (exact) mass is 305 g/mol. The van der Waals surface area contributed by atoms with E-state index in [2.05, 4.69) is 5.32 Å². The quantitative estimate of drug-likeness (QED) is 0.874. The Morgan fingerprint density at radius 1 is 1.19 bits per heavy atom. The van der Waals surface area contributed by atoms with Crippen LogP contribution in [0.15, 0.2) is 29.6 Å². The lowest BCUT2D eigenvalue weighted by atomic mass is 10.2. The lowest BCUT2D eigenvalue weighted by Gasteiger charge is -2.13. The van der Waals surface area contributed by atoms with Gasteiger partial charge in [0, 0.05) is 6.07 Å². The summed E-state index contributed by atoms with van der Waals surface area (Å²) in [6.07, 6.45) is 0. The molecular weight excluding hydrogens is 286 g/mol. The molecule has 0 bridgehead atoms. The maximum Gasteiger partial charge on any atom is 0.266 e. The summed E-state index contributed by atoms with van der Waals surface area (Å²) in [6.45, 7) is 6.86. The van der Waals surface area contributed by atoms with Crippen molar-refractivity contribution in [2.24, 2.45) is 0 Å². The van der Waals surface area contributed by atoms with Crippen LogP contribution in [-0.4, -0.2) is 19.1 Å². The van der Waals surface area contributed by atoms with Crippen molar-refractivity contribution in [3.63, 3.8) is 0 Å². The van der Waals surface area contributed by atoms with Crippen LogP contribution in [0.3, 0.4) is 0 Å². The minimum atomic E-state index is -0.128. The topological polar surface area (TPSA) is 47.6 Å². The van der Waals surface area contributed by atoms with E-state index in [0.29, 0.717) is 35.3 Å². The van der Waals surface area contributed by atoms with Crippen LogP contribution < -0.4 is 14.8 Å². The molecular formula is C16H19NO3S. The van der Waals surface area contributed by atoms with Crippen LogP contribution in [0, 0.1) is 6.92 Å². The van der Waals surface area contributed by atoms with Gasteiger partial charge in [-0.25, -0.2) is 0 Å². The number of hydrogen-bond acceptors (Lipinski definition) is 4. The third kappa shape index (κ3) is 3.76. The molecule has 0 saturated heterocycles. The van der Waals surface area contributed by atoms with E-state index < -0.39 is 0 Å². The van der Waals surface area contributed by atoms with Crippen LogP contribution in [0.2, 0.25) is 0 Å². The molecule has 5 heteroatoms. The summed E-state index contributed by atoms with van der Waals surface area (Å²) in [5.41, 5.74) is 1.59. The number of nitrogens with one attached hydrogen (secondary N) is 1. The van der Waals surface area contributed by atoms with Gasteiger partial charge in [-0.3, -0.25) is 4.79 Å². The van der Waals surface area contributed by atoms with Crippen molar-refractivity contribution in [2.45, 2.75) is 20.8 Å². The van der Waals surface area contributed by atoms with Gasteiger partial charge in [0.25, 0.3) is 5.91 Å². The first-order chi connectivity index (χ1) is 10.2. The molecule has 0 aliphatic carbocycles. The Morgan fingerprint density at radius 3 is 2.57 bits per heavy atom. The fraction of sp³-hybridized carbons (Fsp3) is 0.312. The fourth-order valence-electron chi connectivity index (χ4n) is 1.93. The van der Waals surface area contributed by atoms with E-state index in [-0.39, 0.29) is 5.91 Å². The molecule has 21 heavy (non-hydrogen) atoms. The minimum absolute atomic E-state index is 0.128. The Bertz CT molecular complexity index is 622. The molecule has 0 atom stereocenters. The highest BCUT2D eigenvalue weighted by Gasteiger charge is 2.14. The van der Waals surface area contributed by atoms with Gasteiger partial charge in [0.15, 0.2) is 0 Å². The van der Waals surface area contributed by atoms with Gasteiger partial charge in [0.1, 0.15) is 11.5 Å². The number of rotatable bonds is 6. The van der Waals surface area contributed by atoms with Gasteiger partial charge in [-0.15, -0.1) is 11.3 Å². The molecule has 1 amide bonds. The Hall–Kier alpha value is -2.01. The summed E-state index contributed by atoms with van der Waals surface area (Å²) in [6, 6.07) is 7.36. The first kappa shape index (κ1) is 15.4. The number of carbonyl (C=O) groups excluding carboxylic acids is 1. The fourth-order valence-corrected chi connectivity index (χ4v) is 2.75. The molecule has 112 valence electrons. The van der Waals surface area contributed by atoms with Crippen molar-refractivity contribution in [3.8, 4) is 11.5 Å². The van der Waals surface area contributed by atoms with E-state index in [1.54, 1.807) is 6.07 Å². The van der Waals surface area contributed by atoms with Crippen molar-refractivity contribution < 1.29 is 14.3 Å². The summed E-state index contributed by atoms with van der Waals surface area (Å²) < 4.78 is 11.0. The zero-order valence-electron chi connectivity index (χ0n) is 12.4. The standard InChI is InChI=1S/C16H19NO3S/c1-4-19-12-6-7-14(20-5-2)13(10-12)17-16(18)15-11(3)8-9-21-15/h6-10H,4-5H2,1-3H3,(H,17,18). The predicted octanol–water partition coefficient (Wildman–Crippen LogP) is 4.11. The van der Waals surface area contributed by atoms with E-state index >= 15 is 0 Å². The highest BCUT2D eigenvalue weighted by Crippen LogP contribution is 2.30. The Kier molecular flexibility index (Phi) is 5.22. The Balaban J connectivity index is 2.25. The van der Waals surface area contributed by atoms with Crippen LogP contribution in [0.5, 0.6) is 11.5 Å². The minimum Gasteiger partial charge on any atom is -0.494 e. The lowest BCUT2D eigenvalue weighted by molar-refractivity contribution is 0.102. The second kappa shape index (κ2) is 7.13. The first-order valence-electron chi connectivity index (χ1n) is 6.90. The average Bonchev–Trinajstić information content (AvgIpc) is 2.88. The molecule has 0 radical (unpaired) electrons. The molecule has 0 unspecified atom stereocenters. The largest absolute Gasteiger partial charge is 0.494 e. The van der Waals surface area contributed by atoms with E-state index in [1.807, 2.05) is 44.4 Å². The van der Waals surface area contributed by atoms with Gasteiger partial charge in [-0.1, -0.05) is 0 Å². The maximum atomic E-state index is 12.3. The zero-order chi connectivity index (χ0) is 15.2. The molecule has 0 spiro atoms. The summed E-state index contributed by atoms with van der Waals surface area (Å²) in [5.74, 6) is 1.22. The number of amides is 1. The summed E-state index contributed by atoms with van der Waals surface area (Å²) in [7, 11) is 0. The van der Waals surface area contributed by atoms with Crippen LogP contribution in [0.4, 0.5) is 5.69 Å². The number of thiophene rings is 1. The summed E-state index contributed by atoms with van der Waals surface area (Å²) in [5, 5.41) is 4.81. The van der Waals surface area contributed by atoms with Gasteiger partial charge >= 0.3 is 0 Å². The van der Waals surface area contributed by atoms with Crippen LogP contribution in [0.1, 0.15) is 29.1 Å². The highest BCUT2D eigenvalue weighted by atomic mass is 32.1. The van der Waals surface area contributed by atoms with Gasteiger partial charge in [-0.2, -0.15) is 0 Å². The molecule has 4 nitrogen and oxygen atoms in total.